The molecule has 0 spiro atoms. The van der Waals surface area contributed by atoms with Gasteiger partial charge in [0.05, 0.1) is 0 Å². The van der Waals surface area contributed by atoms with Gasteiger partial charge in [0.25, 0.3) is 0 Å². The topological polar surface area (TPSA) is 43.1 Å². The minimum absolute atomic E-state index is 0.0265. The van der Waals surface area contributed by atoms with Crippen molar-refractivity contribution >= 4 is 5.78 Å². The molecule has 0 saturated heterocycles. The first-order chi connectivity index (χ1) is 7.95. The van der Waals surface area contributed by atoms with Crippen LogP contribution in [0.3, 0.4) is 0 Å². The molecule has 2 nitrogen and oxygen atoms in total. The van der Waals surface area contributed by atoms with E-state index in [0.29, 0.717) is 11.1 Å². The minimum atomic E-state index is -0.526. The second kappa shape index (κ2) is 4.22. The number of Topliss-reactive ketones (excluding diaryl/α,β-unsaturated/α-hetero) is 1. The molecule has 17 heavy (non-hydrogen) atoms. The first-order valence-corrected chi connectivity index (χ1v) is 6.01. The van der Waals surface area contributed by atoms with Crippen molar-refractivity contribution in [3.8, 4) is 0 Å². The number of nitrogens with two attached hydrogens (primary N) is 1. The van der Waals surface area contributed by atoms with Gasteiger partial charge in [-0.05, 0) is 31.4 Å². The van der Waals surface area contributed by atoms with Crippen LogP contribution < -0.4 is 5.73 Å². The third-order valence-electron chi connectivity index (χ3n) is 3.98. The number of aryl methyl sites for hydroxylation is 1. The van der Waals surface area contributed by atoms with Crippen LogP contribution in [0.4, 0.5) is 4.39 Å². The molecule has 1 saturated carbocycles. The van der Waals surface area contributed by atoms with Crippen molar-refractivity contribution in [3.05, 3.63) is 35.1 Å². The van der Waals surface area contributed by atoms with Crippen molar-refractivity contribution in [3.63, 3.8) is 0 Å². The zero-order valence-corrected chi connectivity index (χ0v) is 10.3. The fraction of sp³-hybridized carbons (Fsp3) is 0.500. The Bertz CT molecular complexity index is 458. The van der Waals surface area contributed by atoms with E-state index in [2.05, 4.69) is 0 Å². The molecule has 1 aromatic rings. The molecule has 1 aromatic carbocycles. The first kappa shape index (κ1) is 12.2. The maximum Gasteiger partial charge on any atom is 0.170 e. The third kappa shape index (κ3) is 2.00. The monoisotopic (exact) mass is 235 g/mol. The number of rotatable bonds is 2. The van der Waals surface area contributed by atoms with Gasteiger partial charge >= 0.3 is 0 Å². The molecular weight excluding hydrogens is 217 g/mol. The van der Waals surface area contributed by atoms with Crippen LogP contribution >= 0.6 is 0 Å². The average molecular weight is 235 g/mol. The Kier molecular flexibility index (Phi) is 3.04. The molecule has 1 aliphatic rings. The van der Waals surface area contributed by atoms with Gasteiger partial charge in [-0.2, -0.15) is 0 Å². The van der Waals surface area contributed by atoms with Gasteiger partial charge < -0.3 is 5.73 Å². The predicted octanol–water partition coefficient (Wildman–Crippen LogP) is 2.83. The van der Waals surface area contributed by atoms with E-state index in [9.17, 15) is 9.18 Å². The number of ketones is 1. The Morgan fingerprint density at radius 1 is 1.53 bits per heavy atom. The molecule has 0 aromatic heterocycles. The standard InChI is InChI=1S/C14H18FNO/c1-9-5-6-10(8-11(9)15)13(17)14(2)7-3-4-12(14)16/h5-6,8,12H,3-4,7,16H2,1-2H3. The number of halogens is 1. The second-order valence-corrected chi connectivity index (χ2v) is 5.21. The molecule has 0 amide bonds. The number of carbonyl (C=O) groups excluding carboxylic acids is 1. The van der Waals surface area contributed by atoms with Gasteiger partial charge in [0.1, 0.15) is 5.82 Å². The predicted molar refractivity (Wildman–Crippen MR) is 65.4 cm³/mol. The van der Waals surface area contributed by atoms with Crippen molar-refractivity contribution in [2.75, 3.05) is 0 Å². The zero-order chi connectivity index (χ0) is 12.6. The molecule has 0 radical (unpaired) electrons. The first-order valence-electron chi connectivity index (χ1n) is 6.01. The van der Waals surface area contributed by atoms with Gasteiger partial charge in [0.15, 0.2) is 5.78 Å². The number of hydrogen-bond donors (Lipinski definition) is 1. The van der Waals surface area contributed by atoms with Crippen LogP contribution in [0.15, 0.2) is 18.2 Å². The lowest BCUT2D eigenvalue weighted by Gasteiger charge is -2.27. The summed E-state index contributed by atoms with van der Waals surface area (Å²) in [5.41, 5.74) is 6.47. The van der Waals surface area contributed by atoms with E-state index in [-0.39, 0.29) is 17.6 Å². The summed E-state index contributed by atoms with van der Waals surface area (Å²) in [7, 11) is 0. The summed E-state index contributed by atoms with van der Waals surface area (Å²) < 4.78 is 13.5. The zero-order valence-electron chi connectivity index (χ0n) is 10.3. The fourth-order valence-corrected chi connectivity index (χ4v) is 2.54. The Balaban J connectivity index is 2.34. The third-order valence-corrected chi connectivity index (χ3v) is 3.98. The lowest BCUT2D eigenvalue weighted by Crippen LogP contribution is -2.41. The summed E-state index contributed by atoms with van der Waals surface area (Å²) in [6, 6.07) is 4.55. The smallest absolute Gasteiger partial charge is 0.170 e. The summed E-state index contributed by atoms with van der Waals surface area (Å²) in [4.78, 5) is 12.4. The summed E-state index contributed by atoms with van der Waals surface area (Å²) in [6.45, 7) is 3.58. The molecule has 1 aliphatic carbocycles. The summed E-state index contributed by atoms with van der Waals surface area (Å²) in [5.74, 6) is -0.354. The fourth-order valence-electron chi connectivity index (χ4n) is 2.54. The van der Waals surface area contributed by atoms with E-state index in [0.717, 1.165) is 19.3 Å². The van der Waals surface area contributed by atoms with Gasteiger partial charge in [-0.3, -0.25) is 4.79 Å². The van der Waals surface area contributed by atoms with Crippen molar-refractivity contribution in [1.29, 1.82) is 0 Å². The van der Waals surface area contributed by atoms with Gasteiger partial charge in [-0.15, -0.1) is 0 Å². The van der Waals surface area contributed by atoms with E-state index >= 15 is 0 Å². The quantitative estimate of drug-likeness (QED) is 0.801. The number of benzene rings is 1. The van der Waals surface area contributed by atoms with Crippen LogP contribution in [0.2, 0.25) is 0 Å². The van der Waals surface area contributed by atoms with E-state index in [4.69, 9.17) is 5.73 Å². The Morgan fingerprint density at radius 3 is 2.76 bits per heavy atom. The highest BCUT2D eigenvalue weighted by atomic mass is 19.1. The highest BCUT2D eigenvalue weighted by Crippen LogP contribution is 2.39. The second-order valence-electron chi connectivity index (χ2n) is 5.21. The Labute approximate surface area is 101 Å². The Hall–Kier alpha value is -1.22. The normalized spacial score (nSPS) is 28.4. The van der Waals surface area contributed by atoms with Crippen LogP contribution in [0.5, 0.6) is 0 Å². The van der Waals surface area contributed by atoms with Crippen molar-refractivity contribution in [2.45, 2.75) is 39.2 Å². The molecule has 0 heterocycles. The van der Waals surface area contributed by atoms with Crippen LogP contribution in [0, 0.1) is 18.2 Å². The molecule has 0 aliphatic heterocycles. The van der Waals surface area contributed by atoms with Gasteiger partial charge in [-0.25, -0.2) is 4.39 Å². The molecule has 2 rings (SSSR count). The summed E-state index contributed by atoms with van der Waals surface area (Å²) in [5, 5.41) is 0. The minimum Gasteiger partial charge on any atom is -0.327 e. The van der Waals surface area contributed by atoms with Gasteiger partial charge in [0.2, 0.25) is 0 Å². The van der Waals surface area contributed by atoms with Crippen molar-refractivity contribution in [2.24, 2.45) is 11.1 Å². The summed E-state index contributed by atoms with van der Waals surface area (Å²) in [6.07, 6.45) is 2.64. The molecular formula is C14H18FNO. The highest BCUT2D eigenvalue weighted by Gasteiger charge is 2.43. The van der Waals surface area contributed by atoms with Crippen LogP contribution in [-0.2, 0) is 0 Å². The lowest BCUT2D eigenvalue weighted by atomic mass is 9.78. The van der Waals surface area contributed by atoms with E-state index in [1.807, 2.05) is 6.92 Å². The van der Waals surface area contributed by atoms with Crippen molar-refractivity contribution < 1.29 is 9.18 Å². The van der Waals surface area contributed by atoms with Crippen LogP contribution in [0.1, 0.15) is 42.1 Å². The maximum absolute atomic E-state index is 13.5. The number of hydrogen-bond acceptors (Lipinski definition) is 2. The molecule has 2 atom stereocenters. The molecule has 1 fully saturated rings. The molecule has 92 valence electrons. The Morgan fingerprint density at radius 2 is 2.24 bits per heavy atom. The van der Waals surface area contributed by atoms with Gasteiger partial charge in [0, 0.05) is 17.0 Å². The highest BCUT2D eigenvalue weighted by molar-refractivity contribution is 6.01. The van der Waals surface area contributed by atoms with Crippen LogP contribution in [-0.4, -0.2) is 11.8 Å². The molecule has 2 unspecified atom stereocenters. The SMILES string of the molecule is Cc1ccc(C(=O)C2(C)CCCC2N)cc1F. The maximum atomic E-state index is 13.5. The van der Waals surface area contributed by atoms with Gasteiger partial charge in [-0.1, -0.05) is 25.5 Å². The summed E-state index contributed by atoms with van der Waals surface area (Å²) >= 11 is 0. The molecule has 2 N–H and O–H groups in total. The number of carbonyl (C=O) groups is 1. The van der Waals surface area contributed by atoms with Crippen LogP contribution in [0.25, 0.3) is 0 Å². The van der Waals surface area contributed by atoms with E-state index in [1.165, 1.54) is 6.07 Å². The molecule has 3 heteroatoms. The van der Waals surface area contributed by atoms with E-state index < -0.39 is 5.41 Å². The lowest BCUT2D eigenvalue weighted by molar-refractivity contribution is 0.0802. The largest absolute Gasteiger partial charge is 0.327 e. The average Bonchev–Trinajstić information content (AvgIpc) is 2.63. The molecule has 0 bridgehead atoms. The van der Waals surface area contributed by atoms with E-state index in [1.54, 1.807) is 19.1 Å². The van der Waals surface area contributed by atoms with Crippen molar-refractivity contribution in [1.82, 2.24) is 0 Å².